The number of likely N-dealkylation sites (tertiary alicyclic amines) is 1. The van der Waals surface area contributed by atoms with Crippen LogP contribution in [-0.4, -0.2) is 33.4 Å². The number of amides is 1. The largest absolute Gasteiger partial charge is 0.341 e. The van der Waals surface area contributed by atoms with Gasteiger partial charge in [0.1, 0.15) is 5.82 Å². The molecule has 1 unspecified atom stereocenters. The molecule has 4 heteroatoms. The monoisotopic (exact) mass is 311 g/mol. The second-order valence-electron chi connectivity index (χ2n) is 6.44. The molecule has 2 heterocycles. The van der Waals surface area contributed by atoms with Gasteiger partial charge in [0.15, 0.2) is 0 Å². The summed E-state index contributed by atoms with van der Waals surface area (Å²) < 4.78 is 2.29. The Kier molecular flexibility index (Phi) is 4.79. The smallest absolute Gasteiger partial charge is 0.222 e. The van der Waals surface area contributed by atoms with Crippen LogP contribution in [0.5, 0.6) is 0 Å². The summed E-state index contributed by atoms with van der Waals surface area (Å²) >= 11 is 0. The van der Waals surface area contributed by atoms with Crippen molar-refractivity contribution in [3.8, 4) is 0 Å². The van der Waals surface area contributed by atoms with E-state index < -0.39 is 0 Å². The molecule has 1 saturated heterocycles. The van der Waals surface area contributed by atoms with Crippen LogP contribution >= 0.6 is 0 Å². The summed E-state index contributed by atoms with van der Waals surface area (Å²) in [5, 5.41) is 0. The molecule has 122 valence electrons. The lowest BCUT2D eigenvalue weighted by Crippen LogP contribution is -2.41. The highest BCUT2D eigenvalue weighted by Crippen LogP contribution is 2.25. The lowest BCUT2D eigenvalue weighted by molar-refractivity contribution is -0.132. The molecule has 1 atom stereocenters. The van der Waals surface area contributed by atoms with E-state index in [4.69, 9.17) is 0 Å². The van der Waals surface area contributed by atoms with Crippen molar-refractivity contribution in [3.05, 3.63) is 53.6 Å². The van der Waals surface area contributed by atoms with Crippen molar-refractivity contribution in [3.63, 3.8) is 0 Å². The maximum atomic E-state index is 12.6. The standard InChI is InChI=1S/C19H25N3O/c1-15-13-20-16(2)22(15)18-9-6-12-21(14-18)19(23)11-10-17-7-4-3-5-8-17/h3-5,7-8,13,18H,6,9-12,14H2,1-2H3. The molecule has 3 rings (SSSR count). The van der Waals surface area contributed by atoms with Crippen LogP contribution in [0.1, 0.15) is 42.4 Å². The molecule has 1 aromatic heterocycles. The van der Waals surface area contributed by atoms with E-state index in [0.717, 1.165) is 38.2 Å². The van der Waals surface area contributed by atoms with Crippen molar-refractivity contribution in [2.75, 3.05) is 13.1 Å². The molecule has 1 aromatic carbocycles. The van der Waals surface area contributed by atoms with Crippen LogP contribution in [0.15, 0.2) is 36.5 Å². The number of rotatable bonds is 4. The molecule has 0 spiro atoms. The zero-order valence-corrected chi connectivity index (χ0v) is 14.0. The quantitative estimate of drug-likeness (QED) is 0.869. The first-order valence-electron chi connectivity index (χ1n) is 8.47. The van der Waals surface area contributed by atoms with Crippen LogP contribution < -0.4 is 0 Å². The highest BCUT2D eigenvalue weighted by Gasteiger charge is 2.26. The van der Waals surface area contributed by atoms with E-state index >= 15 is 0 Å². The number of hydrogen-bond acceptors (Lipinski definition) is 2. The Balaban J connectivity index is 1.61. The first-order valence-corrected chi connectivity index (χ1v) is 8.47. The summed E-state index contributed by atoms with van der Waals surface area (Å²) in [6.45, 7) is 5.84. The third-order valence-electron chi connectivity index (χ3n) is 4.75. The second-order valence-corrected chi connectivity index (χ2v) is 6.44. The number of imidazole rings is 1. The van der Waals surface area contributed by atoms with Crippen molar-refractivity contribution in [1.29, 1.82) is 0 Å². The summed E-state index contributed by atoms with van der Waals surface area (Å²) in [4.78, 5) is 19.0. The molecule has 4 nitrogen and oxygen atoms in total. The van der Waals surface area contributed by atoms with Crippen LogP contribution in [0.4, 0.5) is 0 Å². The Bertz CT molecular complexity index is 643. The molecule has 23 heavy (non-hydrogen) atoms. The summed E-state index contributed by atoms with van der Waals surface area (Å²) in [5.74, 6) is 1.32. The van der Waals surface area contributed by atoms with Crippen LogP contribution in [-0.2, 0) is 11.2 Å². The third kappa shape index (κ3) is 3.63. The lowest BCUT2D eigenvalue weighted by Gasteiger charge is -2.34. The van der Waals surface area contributed by atoms with Crippen LogP contribution in [0.2, 0.25) is 0 Å². The average Bonchev–Trinajstić information content (AvgIpc) is 2.92. The van der Waals surface area contributed by atoms with E-state index in [1.165, 1.54) is 11.3 Å². The summed E-state index contributed by atoms with van der Waals surface area (Å²) in [5.41, 5.74) is 2.42. The van der Waals surface area contributed by atoms with Gasteiger partial charge in [-0.25, -0.2) is 4.98 Å². The van der Waals surface area contributed by atoms with Gasteiger partial charge in [0.05, 0.1) is 6.04 Å². The molecule has 2 aromatic rings. The fraction of sp³-hybridized carbons (Fsp3) is 0.474. The molecule has 0 saturated carbocycles. The number of nitrogens with zero attached hydrogens (tertiary/aromatic N) is 3. The zero-order valence-electron chi connectivity index (χ0n) is 14.0. The highest BCUT2D eigenvalue weighted by molar-refractivity contribution is 5.76. The lowest BCUT2D eigenvalue weighted by atomic mass is 10.0. The van der Waals surface area contributed by atoms with Crippen molar-refractivity contribution >= 4 is 5.91 Å². The number of carbonyl (C=O) groups is 1. The van der Waals surface area contributed by atoms with Crippen LogP contribution in [0.25, 0.3) is 0 Å². The van der Waals surface area contributed by atoms with E-state index in [-0.39, 0.29) is 5.91 Å². The Morgan fingerprint density at radius 2 is 2.04 bits per heavy atom. The second kappa shape index (κ2) is 6.99. The van der Waals surface area contributed by atoms with Gasteiger partial charge in [-0.3, -0.25) is 4.79 Å². The Hall–Kier alpha value is -2.10. The van der Waals surface area contributed by atoms with Crippen molar-refractivity contribution in [1.82, 2.24) is 14.5 Å². The Morgan fingerprint density at radius 3 is 2.74 bits per heavy atom. The van der Waals surface area contributed by atoms with Gasteiger partial charge in [0, 0.05) is 31.4 Å². The number of piperidine rings is 1. The molecule has 0 radical (unpaired) electrons. The minimum atomic E-state index is 0.272. The minimum absolute atomic E-state index is 0.272. The summed E-state index contributed by atoms with van der Waals surface area (Å²) in [6, 6.07) is 10.6. The number of benzene rings is 1. The summed E-state index contributed by atoms with van der Waals surface area (Å²) in [6.07, 6.45) is 5.54. The van der Waals surface area contributed by atoms with Gasteiger partial charge < -0.3 is 9.47 Å². The van der Waals surface area contributed by atoms with E-state index in [1.54, 1.807) is 0 Å². The first kappa shape index (κ1) is 15.8. The van der Waals surface area contributed by atoms with Gasteiger partial charge in [-0.05, 0) is 38.7 Å². The van der Waals surface area contributed by atoms with Crippen LogP contribution in [0, 0.1) is 13.8 Å². The molecule has 0 bridgehead atoms. The van der Waals surface area contributed by atoms with Crippen molar-refractivity contribution < 1.29 is 4.79 Å². The third-order valence-corrected chi connectivity index (χ3v) is 4.75. The van der Waals surface area contributed by atoms with E-state index in [2.05, 4.69) is 28.6 Å². The predicted octanol–water partition coefficient (Wildman–Crippen LogP) is 3.30. The SMILES string of the molecule is Cc1cnc(C)n1C1CCCN(C(=O)CCc2ccccc2)C1. The molecular formula is C19H25N3O. The van der Waals surface area contributed by atoms with E-state index in [9.17, 15) is 4.79 Å². The fourth-order valence-electron chi connectivity index (χ4n) is 3.56. The van der Waals surface area contributed by atoms with Gasteiger partial charge >= 0.3 is 0 Å². The molecule has 1 aliphatic heterocycles. The number of aromatic nitrogens is 2. The maximum absolute atomic E-state index is 12.6. The maximum Gasteiger partial charge on any atom is 0.222 e. The molecule has 1 fully saturated rings. The summed E-state index contributed by atoms with van der Waals surface area (Å²) in [7, 11) is 0. The topological polar surface area (TPSA) is 38.1 Å². The number of carbonyl (C=O) groups excluding carboxylic acids is 1. The van der Waals surface area contributed by atoms with Gasteiger partial charge in [0.2, 0.25) is 5.91 Å². The normalized spacial score (nSPS) is 18.2. The van der Waals surface area contributed by atoms with Crippen molar-refractivity contribution in [2.24, 2.45) is 0 Å². The van der Waals surface area contributed by atoms with E-state index in [1.807, 2.05) is 36.2 Å². The molecule has 0 aliphatic carbocycles. The molecular weight excluding hydrogens is 286 g/mol. The van der Waals surface area contributed by atoms with Crippen molar-refractivity contribution in [2.45, 2.75) is 45.6 Å². The van der Waals surface area contributed by atoms with Gasteiger partial charge in [-0.2, -0.15) is 0 Å². The average molecular weight is 311 g/mol. The van der Waals surface area contributed by atoms with Gasteiger partial charge in [-0.15, -0.1) is 0 Å². The van der Waals surface area contributed by atoms with Gasteiger partial charge in [0.25, 0.3) is 0 Å². The fourth-order valence-corrected chi connectivity index (χ4v) is 3.56. The Labute approximate surface area is 138 Å². The number of aryl methyl sites for hydroxylation is 3. The Morgan fingerprint density at radius 1 is 1.26 bits per heavy atom. The molecule has 1 aliphatic rings. The van der Waals surface area contributed by atoms with E-state index in [0.29, 0.717) is 12.5 Å². The molecule has 1 amide bonds. The van der Waals surface area contributed by atoms with Crippen LogP contribution in [0.3, 0.4) is 0 Å². The zero-order chi connectivity index (χ0) is 16.2. The molecule has 0 N–H and O–H groups in total. The van der Waals surface area contributed by atoms with Gasteiger partial charge in [-0.1, -0.05) is 30.3 Å². The number of hydrogen-bond donors (Lipinski definition) is 0. The highest BCUT2D eigenvalue weighted by atomic mass is 16.2. The predicted molar refractivity (Wildman–Crippen MR) is 91.3 cm³/mol. The first-order chi connectivity index (χ1) is 11.1. The minimum Gasteiger partial charge on any atom is -0.341 e.